The van der Waals surface area contributed by atoms with Gasteiger partial charge in [0.25, 0.3) is 0 Å². The molecule has 0 aliphatic heterocycles. The van der Waals surface area contributed by atoms with Crippen LogP contribution in [0.15, 0.2) is 42.5 Å². The fourth-order valence-corrected chi connectivity index (χ4v) is 1.89. The molecule has 0 saturated carbocycles. The van der Waals surface area contributed by atoms with Gasteiger partial charge in [0.2, 0.25) is 5.78 Å². The van der Waals surface area contributed by atoms with Gasteiger partial charge in [-0.3, -0.25) is 4.79 Å². The number of alkyl halides is 2. The minimum Gasteiger partial charge on any atom is -0.452 e. The topological polar surface area (TPSA) is 43.4 Å². The second-order valence-electron chi connectivity index (χ2n) is 5.11. The van der Waals surface area contributed by atoms with Crippen LogP contribution in [0.2, 0.25) is 0 Å². The third-order valence-corrected chi connectivity index (χ3v) is 3.23. The minimum absolute atomic E-state index is 0.0194. The van der Waals surface area contributed by atoms with E-state index in [-0.39, 0.29) is 24.8 Å². The average molecular weight is 310 g/mol. The number of ketones is 1. The molecule has 0 heterocycles. The molecule has 1 unspecified atom stereocenters. The van der Waals surface area contributed by atoms with Gasteiger partial charge in [-0.15, -0.1) is 0 Å². The monoisotopic (exact) mass is 310 g/mol. The number of hydrogen-bond acceptors (Lipinski definition) is 3. The van der Waals surface area contributed by atoms with Crippen molar-refractivity contribution in [1.29, 1.82) is 0 Å². The number of aryl methyl sites for hydroxylation is 1. The zero-order valence-electron chi connectivity index (χ0n) is 12.8. The van der Waals surface area contributed by atoms with Crippen LogP contribution in [0.3, 0.4) is 0 Å². The van der Waals surface area contributed by atoms with E-state index >= 15 is 0 Å². The van der Waals surface area contributed by atoms with E-state index in [1.165, 1.54) is 13.8 Å². The molecule has 0 radical (unpaired) electrons. The van der Waals surface area contributed by atoms with Crippen LogP contribution in [0.5, 0.6) is 0 Å². The number of esters is 1. The first-order chi connectivity index (χ1) is 10.3. The Labute approximate surface area is 129 Å². The molecule has 5 heteroatoms. The molecular formula is C17H20F2O3. The van der Waals surface area contributed by atoms with E-state index in [4.69, 9.17) is 0 Å². The molecule has 1 aromatic rings. The summed E-state index contributed by atoms with van der Waals surface area (Å²) in [7, 11) is 0. The predicted molar refractivity (Wildman–Crippen MR) is 79.7 cm³/mol. The van der Waals surface area contributed by atoms with Gasteiger partial charge in [-0.25, -0.2) is 4.79 Å². The van der Waals surface area contributed by atoms with E-state index in [0.717, 1.165) is 5.56 Å². The van der Waals surface area contributed by atoms with Gasteiger partial charge >= 0.3 is 11.9 Å². The van der Waals surface area contributed by atoms with Gasteiger partial charge in [-0.05, 0) is 25.3 Å². The van der Waals surface area contributed by atoms with Crippen LogP contribution in [0.4, 0.5) is 8.78 Å². The lowest BCUT2D eigenvalue weighted by Gasteiger charge is -2.24. The van der Waals surface area contributed by atoms with Crippen molar-refractivity contribution in [3.05, 3.63) is 48.0 Å². The summed E-state index contributed by atoms with van der Waals surface area (Å²) in [6, 6.07) is 8.90. The van der Waals surface area contributed by atoms with Crippen molar-refractivity contribution in [2.75, 3.05) is 0 Å². The lowest BCUT2D eigenvalue weighted by atomic mass is 9.99. The molecule has 0 aliphatic carbocycles. The van der Waals surface area contributed by atoms with E-state index in [1.54, 1.807) is 24.3 Å². The molecule has 0 aliphatic rings. The second kappa shape index (κ2) is 7.82. The van der Waals surface area contributed by atoms with Gasteiger partial charge < -0.3 is 4.74 Å². The maximum Gasteiger partial charge on any atom is 0.341 e. The highest BCUT2D eigenvalue weighted by Gasteiger charge is 2.47. The molecule has 0 bridgehead atoms. The maximum absolute atomic E-state index is 14.2. The van der Waals surface area contributed by atoms with Crippen LogP contribution in [0, 0.1) is 0 Å². The average Bonchev–Trinajstić information content (AvgIpc) is 2.50. The Morgan fingerprint density at radius 2 is 1.86 bits per heavy atom. The molecule has 22 heavy (non-hydrogen) atoms. The molecule has 0 amide bonds. The molecule has 1 rings (SSSR count). The Morgan fingerprint density at radius 3 is 2.36 bits per heavy atom. The van der Waals surface area contributed by atoms with Gasteiger partial charge in [0, 0.05) is 12.0 Å². The summed E-state index contributed by atoms with van der Waals surface area (Å²) in [5.74, 6) is -5.84. The number of Topliss-reactive ketones (excluding diaryl/α,β-unsaturated/α-hetero) is 1. The summed E-state index contributed by atoms with van der Waals surface area (Å²) in [5.41, 5.74) is 0.824. The summed E-state index contributed by atoms with van der Waals surface area (Å²) < 4.78 is 33.0. The van der Waals surface area contributed by atoms with Gasteiger partial charge in [-0.1, -0.05) is 43.8 Å². The zero-order chi connectivity index (χ0) is 16.8. The lowest BCUT2D eigenvalue weighted by molar-refractivity contribution is -0.177. The van der Waals surface area contributed by atoms with Crippen molar-refractivity contribution >= 4 is 11.8 Å². The number of ether oxygens (including phenoxy) is 1. The lowest BCUT2D eigenvalue weighted by Crippen LogP contribution is -2.44. The largest absolute Gasteiger partial charge is 0.452 e. The Kier molecular flexibility index (Phi) is 6.40. The van der Waals surface area contributed by atoms with Crippen LogP contribution in [-0.2, 0) is 20.7 Å². The van der Waals surface area contributed by atoms with E-state index in [2.05, 4.69) is 11.3 Å². The van der Waals surface area contributed by atoms with Crippen LogP contribution < -0.4 is 0 Å². The van der Waals surface area contributed by atoms with E-state index in [1.807, 2.05) is 6.07 Å². The standard InChI is InChI=1S/C17H20F2O3/c1-4-15(22-16(21)12(2)3)17(18,19)14(20)11-10-13-8-6-5-7-9-13/h5-9,15H,2,4,10-11H2,1,3H3. The van der Waals surface area contributed by atoms with E-state index in [9.17, 15) is 18.4 Å². The summed E-state index contributed by atoms with van der Waals surface area (Å²) in [4.78, 5) is 23.2. The third kappa shape index (κ3) is 4.76. The molecule has 3 nitrogen and oxygen atoms in total. The summed E-state index contributed by atoms with van der Waals surface area (Å²) in [5, 5.41) is 0. The normalized spacial score (nSPS) is 12.5. The predicted octanol–water partition coefficient (Wildman–Crippen LogP) is 3.72. The van der Waals surface area contributed by atoms with Crippen molar-refractivity contribution in [2.24, 2.45) is 0 Å². The molecule has 120 valence electrons. The van der Waals surface area contributed by atoms with Gasteiger partial charge in [0.15, 0.2) is 6.10 Å². The molecule has 0 N–H and O–H groups in total. The summed E-state index contributed by atoms with van der Waals surface area (Å²) in [6.45, 7) is 6.15. The van der Waals surface area contributed by atoms with Crippen molar-refractivity contribution in [2.45, 2.75) is 45.1 Å². The quantitative estimate of drug-likeness (QED) is 0.543. The second-order valence-corrected chi connectivity index (χ2v) is 5.11. The SMILES string of the molecule is C=C(C)C(=O)OC(CC)C(F)(F)C(=O)CCc1ccccc1. The number of halogens is 2. The van der Waals surface area contributed by atoms with Crippen molar-refractivity contribution in [1.82, 2.24) is 0 Å². The molecule has 0 spiro atoms. The highest BCUT2D eigenvalue weighted by atomic mass is 19.3. The molecular weight excluding hydrogens is 290 g/mol. The first kappa shape index (κ1) is 18.0. The molecule has 1 aromatic carbocycles. The first-order valence-electron chi connectivity index (χ1n) is 7.10. The number of carbonyl (C=O) groups is 2. The smallest absolute Gasteiger partial charge is 0.341 e. The van der Waals surface area contributed by atoms with Crippen LogP contribution in [0.1, 0.15) is 32.3 Å². The van der Waals surface area contributed by atoms with Gasteiger partial charge in [-0.2, -0.15) is 8.78 Å². The van der Waals surface area contributed by atoms with Crippen LogP contribution in [-0.4, -0.2) is 23.8 Å². The third-order valence-electron chi connectivity index (χ3n) is 3.23. The van der Waals surface area contributed by atoms with Gasteiger partial charge in [0.05, 0.1) is 0 Å². The summed E-state index contributed by atoms with van der Waals surface area (Å²) in [6.07, 6.45) is -2.00. The Balaban J connectivity index is 2.70. The summed E-state index contributed by atoms with van der Waals surface area (Å²) >= 11 is 0. The molecule has 0 aromatic heterocycles. The van der Waals surface area contributed by atoms with Crippen molar-refractivity contribution in [3.8, 4) is 0 Å². The zero-order valence-corrected chi connectivity index (χ0v) is 12.8. The van der Waals surface area contributed by atoms with Crippen molar-refractivity contribution < 1.29 is 23.1 Å². The van der Waals surface area contributed by atoms with E-state index < -0.39 is 23.8 Å². The highest BCUT2D eigenvalue weighted by Crippen LogP contribution is 2.27. The Hall–Kier alpha value is -2.04. The number of benzene rings is 1. The fraction of sp³-hybridized carbons (Fsp3) is 0.412. The molecule has 0 saturated heterocycles. The van der Waals surface area contributed by atoms with Crippen LogP contribution in [0.25, 0.3) is 0 Å². The number of carbonyl (C=O) groups excluding carboxylic acids is 2. The minimum atomic E-state index is -3.70. The van der Waals surface area contributed by atoms with Crippen molar-refractivity contribution in [3.63, 3.8) is 0 Å². The highest BCUT2D eigenvalue weighted by molar-refractivity contribution is 5.89. The maximum atomic E-state index is 14.2. The number of hydrogen-bond donors (Lipinski definition) is 0. The molecule has 0 fully saturated rings. The van der Waals surface area contributed by atoms with Gasteiger partial charge in [0.1, 0.15) is 0 Å². The Bertz CT molecular complexity index is 538. The van der Waals surface area contributed by atoms with Crippen LogP contribution >= 0.6 is 0 Å². The number of rotatable bonds is 8. The first-order valence-corrected chi connectivity index (χ1v) is 7.10. The molecule has 1 atom stereocenters. The van der Waals surface area contributed by atoms with E-state index in [0.29, 0.717) is 0 Å². The fourth-order valence-electron chi connectivity index (χ4n) is 1.89. The Morgan fingerprint density at radius 1 is 1.27 bits per heavy atom.